The number of nitrogens with zero attached hydrogens (tertiary/aromatic N) is 1. The Morgan fingerprint density at radius 1 is 1.11 bits per heavy atom. The molecule has 28 heavy (non-hydrogen) atoms. The van der Waals surface area contributed by atoms with Crippen molar-refractivity contribution < 1.29 is 9.21 Å². The summed E-state index contributed by atoms with van der Waals surface area (Å²) in [5.41, 5.74) is 6.65. The van der Waals surface area contributed by atoms with E-state index in [0.717, 1.165) is 55.3 Å². The van der Waals surface area contributed by atoms with Crippen molar-refractivity contribution in [3.63, 3.8) is 0 Å². The van der Waals surface area contributed by atoms with Crippen LogP contribution in [0.3, 0.4) is 0 Å². The van der Waals surface area contributed by atoms with E-state index in [1.807, 2.05) is 37.3 Å². The SMILES string of the molecule is Cc1ccc(NC(=O)c2cc3cc4c5c(c3oc2=N)CCCN5CCC4)cc1. The van der Waals surface area contributed by atoms with Crippen molar-refractivity contribution in [1.82, 2.24) is 0 Å². The number of fused-ring (bicyclic) bond motifs is 2. The van der Waals surface area contributed by atoms with E-state index < -0.39 is 0 Å². The predicted octanol–water partition coefficient (Wildman–Crippen LogP) is 4.17. The van der Waals surface area contributed by atoms with Crippen molar-refractivity contribution in [3.05, 3.63) is 64.2 Å². The normalized spacial score (nSPS) is 15.4. The Hall–Kier alpha value is -3.08. The molecule has 0 unspecified atom stereocenters. The van der Waals surface area contributed by atoms with Crippen LogP contribution in [0, 0.1) is 12.3 Å². The second-order valence-corrected chi connectivity index (χ2v) is 7.78. The molecule has 5 nitrogen and oxygen atoms in total. The van der Waals surface area contributed by atoms with Gasteiger partial charge in [-0.15, -0.1) is 0 Å². The standard InChI is InChI=1S/C23H23N3O2/c1-14-6-8-17(9-7-14)25-23(27)19-13-16-12-15-4-2-10-26-11-3-5-18(20(15)26)21(16)28-22(19)24/h6-9,12-13,24H,2-5,10-11H2,1H3,(H,25,27). The molecule has 0 fully saturated rings. The van der Waals surface area contributed by atoms with Gasteiger partial charge in [0.05, 0.1) is 0 Å². The molecule has 3 aromatic rings. The van der Waals surface area contributed by atoms with E-state index in [0.29, 0.717) is 5.69 Å². The smallest absolute Gasteiger partial charge is 0.261 e. The van der Waals surface area contributed by atoms with Crippen LogP contribution in [0.15, 0.2) is 40.8 Å². The molecule has 1 amide bonds. The number of rotatable bonds is 2. The van der Waals surface area contributed by atoms with Crippen molar-refractivity contribution in [3.8, 4) is 0 Å². The maximum absolute atomic E-state index is 12.8. The van der Waals surface area contributed by atoms with Crippen LogP contribution in [0.5, 0.6) is 0 Å². The number of carbonyl (C=O) groups excluding carboxylic acids is 1. The number of hydrogen-bond acceptors (Lipinski definition) is 4. The molecular formula is C23H23N3O2. The summed E-state index contributed by atoms with van der Waals surface area (Å²) >= 11 is 0. The zero-order chi connectivity index (χ0) is 19.3. The molecule has 5 heteroatoms. The fourth-order valence-electron chi connectivity index (χ4n) is 4.47. The maximum atomic E-state index is 12.8. The zero-order valence-electron chi connectivity index (χ0n) is 16.0. The molecule has 0 aliphatic carbocycles. The Labute approximate surface area is 163 Å². The molecule has 0 bridgehead atoms. The van der Waals surface area contributed by atoms with Crippen LogP contribution >= 0.6 is 0 Å². The topological polar surface area (TPSA) is 69.3 Å². The largest absolute Gasteiger partial charge is 0.438 e. The van der Waals surface area contributed by atoms with Crippen LogP contribution in [-0.4, -0.2) is 19.0 Å². The van der Waals surface area contributed by atoms with Crippen molar-refractivity contribution in [2.24, 2.45) is 0 Å². The van der Waals surface area contributed by atoms with Gasteiger partial charge in [-0.25, -0.2) is 0 Å². The van der Waals surface area contributed by atoms with Gasteiger partial charge in [-0.1, -0.05) is 17.7 Å². The first kappa shape index (κ1) is 17.0. The summed E-state index contributed by atoms with van der Waals surface area (Å²) in [6.45, 7) is 4.19. The first-order valence-electron chi connectivity index (χ1n) is 9.90. The summed E-state index contributed by atoms with van der Waals surface area (Å²) in [4.78, 5) is 15.2. The number of hydrogen-bond donors (Lipinski definition) is 2. The lowest BCUT2D eigenvalue weighted by molar-refractivity contribution is 0.102. The Bertz CT molecular complexity index is 1140. The van der Waals surface area contributed by atoms with E-state index >= 15 is 0 Å². The minimum absolute atomic E-state index is 0.0822. The van der Waals surface area contributed by atoms with E-state index in [1.165, 1.54) is 16.8 Å². The molecule has 142 valence electrons. The Balaban J connectivity index is 1.59. The van der Waals surface area contributed by atoms with Crippen LogP contribution < -0.4 is 15.8 Å². The summed E-state index contributed by atoms with van der Waals surface area (Å²) in [7, 11) is 0. The summed E-state index contributed by atoms with van der Waals surface area (Å²) in [6, 6.07) is 11.6. The van der Waals surface area contributed by atoms with Crippen LogP contribution in [0.2, 0.25) is 0 Å². The third-order valence-corrected chi connectivity index (χ3v) is 5.80. The molecule has 0 saturated heterocycles. The van der Waals surface area contributed by atoms with E-state index in [2.05, 4.69) is 16.3 Å². The molecule has 3 heterocycles. The second-order valence-electron chi connectivity index (χ2n) is 7.78. The molecule has 0 saturated carbocycles. The summed E-state index contributed by atoms with van der Waals surface area (Å²) in [6.07, 6.45) is 4.28. The van der Waals surface area contributed by atoms with E-state index in [1.54, 1.807) is 0 Å². The Kier molecular flexibility index (Phi) is 3.97. The molecule has 2 N–H and O–H groups in total. The van der Waals surface area contributed by atoms with Gasteiger partial charge in [-0.3, -0.25) is 10.2 Å². The number of benzene rings is 2. The average molecular weight is 373 g/mol. The number of anilines is 2. The van der Waals surface area contributed by atoms with E-state index in [-0.39, 0.29) is 17.0 Å². The van der Waals surface area contributed by atoms with Crippen LogP contribution in [0.1, 0.15) is 39.9 Å². The van der Waals surface area contributed by atoms with Crippen LogP contribution in [0.25, 0.3) is 11.0 Å². The lowest BCUT2D eigenvalue weighted by atomic mass is 9.90. The molecule has 2 aliphatic rings. The number of amides is 1. The molecule has 0 atom stereocenters. The Morgan fingerprint density at radius 3 is 2.64 bits per heavy atom. The number of aryl methyl sites for hydroxylation is 3. The van der Waals surface area contributed by atoms with Crippen molar-refractivity contribution in [1.29, 1.82) is 5.41 Å². The fourth-order valence-corrected chi connectivity index (χ4v) is 4.47. The van der Waals surface area contributed by atoms with Crippen LogP contribution in [-0.2, 0) is 12.8 Å². The lowest BCUT2D eigenvalue weighted by Crippen LogP contribution is -2.34. The van der Waals surface area contributed by atoms with Gasteiger partial charge in [0, 0.05) is 35.4 Å². The van der Waals surface area contributed by atoms with Gasteiger partial charge in [0.15, 0.2) is 0 Å². The van der Waals surface area contributed by atoms with E-state index in [4.69, 9.17) is 9.83 Å². The molecule has 2 aliphatic heterocycles. The van der Waals surface area contributed by atoms with Crippen molar-refractivity contribution in [2.45, 2.75) is 32.6 Å². The third kappa shape index (κ3) is 2.78. The van der Waals surface area contributed by atoms with Gasteiger partial charge >= 0.3 is 0 Å². The minimum Gasteiger partial charge on any atom is -0.438 e. The third-order valence-electron chi connectivity index (χ3n) is 5.80. The molecule has 0 spiro atoms. The van der Waals surface area contributed by atoms with Gasteiger partial charge < -0.3 is 14.6 Å². The van der Waals surface area contributed by atoms with Crippen molar-refractivity contribution >= 4 is 28.3 Å². The van der Waals surface area contributed by atoms with Gasteiger partial charge in [0.1, 0.15) is 11.1 Å². The average Bonchev–Trinajstić information content (AvgIpc) is 2.70. The second kappa shape index (κ2) is 6.51. The highest BCUT2D eigenvalue weighted by molar-refractivity contribution is 6.05. The lowest BCUT2D eigenvalue weighted by Gasteiger charge is -2.37. The highest BCUT2D eigenvalue weighted by Gasteiger charge is 2.27. The van der Waals surface area contributed by atoms with Gasteiger partial charge in [0.2, 0.25) is 5.55 Å². The predicted molar refractivity (Wildman–Crippen MR) is 110 cm³/mol. The zero-order valence-corrected chi connectivity index (χ0v) is 16.0. The molecular weight excluding hydrogens is 350 g/mol. The summed E-state index contributed by atoms with van der Waals surface area (Å²) < 4.78 is 5.92. The highest BCUT2D eigenvalue weighted by Crippen LogP contribution is 2.39. The molecule has 2 aromatic carbocycles. The van der Waals surface area contributed by atoms with Gasteiger partial charge in [0.25, 0.3) is 5.91 Å². The monoisotopic (exact) mass is 373 g/mol. The first-order valence-corrected chi connectivity index (χ1v) is 9.90. The first-order chi connectivity index (χ1) is 13.6. The van der Waals surface area contributed by atoms with Gasteiger partial charge in [-0.05, 0) is 62.4 Å². The maximum Gasteiger partial charge on any atom is 0.261 e. The number of carbonyl (C=O) groups is 1. The number of nitrogens with one attached hydrogen (secondary N) is 2. The van der Waals surface area contributed by atoms with Crippen molar-refractivity contribution in [2.75, 3.05) is 23.3 Å². The van der Waals surface area contributed by atoms with Gasteiger partial charge in [-0.2, -0.15) is 0 Å². The molecule has 1 aromatic heterocycles. The summed E-state index contributed by atoms with van der Waals surface area (Å²) in [5, 5.41) is 12.1. The molecule has 5 rings (SSSR count). The summed E-state index contributed by atoms with van der Waals surface area (Å²) in [5.74, 6) is -0.313. The highest BCUT2D eigenvalue weighted by atomic mass is 16.3. The minimum atomic E-state index is -0.313. The molecule has 0 radical (unpaired) electrons. The Morgan fingerprint density at radius 2 is 1.86 bits per heavy atom. The quantitative estimate of drug-likeness (QED) is 0.708. The van der Waals surface area contributed by atoms with Crippen LogP contribution in [0.4, 0.5) is 11.4 Å². The fraction of sp³-hybridized carbons (Fsp3) is 0.304. The van der Waals surface area contributed by atoms with E-state index in [9.17, 15) is 4.79 Å².